The SMILES string of the molecule is CN(Cc1ccccc1)c1ncnc(Nc2ccc(Cl)cn2)c1N. The van der Waals surface area contributed by atoms with Crippen molar-refractivity contribution in [1.82, 2.24) is 15.0 Å². The molecule has 122 valence electrons. The van der Waals surface area contributed by atoms with Gasteiger partial charge in [0.15, 0.2) is 11.6 Å². The van der Waals surface area contributed by atoms with Crippen molar-refractivity contribution in [3.8, 4) is 0 Å². The Morgan fingerprint density at radius 3 is 2.58 bits per heavy atom. The van der Waals surface area contributed by atoms with Gasteiger partial charge >= 0.3 is 0 Å². The molecule has 0 aliphatic carbocycles. The Kier molecular flexibility index (Phi) is 4.77. The summed E-state index contributed by atoms with van der Waals surface area (Å²) in [6, 6.07) is 13.6. The zero-order chi connectivity index (χ0) is 16.9. The van der Waals surface area contributed by atoms with E-state index in [1.807, 2.05) is 30.1 Å². The van der Waals surface area contributed by atoms with Crippen LogP contribution in [-0.2, 0) is 6.54 Å². The quantitative estimate of drug-likeness (QED) is 0.740. The van der Waals surface area contributed by atoms with Crippen LogP contribution in [-0.4, -0.2) is 22.0 Å². The van der Waals surface area contributed by atoms with Crippen molar-refractivity contribution in [2.24, 2.45) is 0 Å². The molecule has 3 aromatic rings. The Hall–Kier alpha value is -2.86. The van der Waals surface area contributed by atoms with Crippen molar-refractivity contribution in [1.29, 1.82) is 0 Å². The number of hydrogen-bond acceptors (Lipinski definition) is 6. The molecule has 0 aliphatic rings. The van der Waals surface area contributed by atoms with Crippen LogP contribution >= 0.6 is 11.6 Å². The van der Waals surface area contributed by atoms with Gasteiger partial charge in [-0.25, -0.2) is 15.0 Å². The van der Waals surface area contributed by atoms with E-state index in [0.29, 0.717) is 34.7 Å². The summed E-state index contributed by atoms with van der Waals surface area (Å²) in [5.41, 5.74) is 7.87. The van der Waals surface area contributed by atoms with Gasteiger partial charge in [-0.15, -0.1) is 0 Å². The van der Waals surface area contributed by atoms with Gasteiger partial charge in [0, 0.05) is 19.8 Å². The number of rotatable bonds is 5. The fourth-order valence-electron chi connectivity index (χ4n) is 2.29. The van der Waals surface area contributed by atoms with E-state index in [0.717, 1.165) is 0 Å². The molecule has 3 rings (SSSR count). The van der Waals surface area contributed by atoms with Crippen LogP contribution in [0, 0.1) is 0 Å². The Bertz CT molecular complexity index is 807. The third-order valence-electron chi connectivity index (χ3n) is 3.46. The first kappa shape index (κ1) is 16.0. The maximum Gasteiger partial charge on any atom is 0.160 e. The third-order valence-corrected chi connectivity index (χ3v) is 3.68. The van der Waals surface area contributed by atoms with E-state index in [1.165, 1.54) is 11.9 Å². The van der Waals surface area contributed by atoms with Gasteiger partial charge in [-0.1, -0.05) is 41.9 Å². The molecule has 2 aromatic heterocycles. The summed E-state index contributed by atoms with van der Waals surface area (Å²) in [4.78, 5) is 14.7. The summed E-state index contributed by atoms with van der Waals surface area (Å²) in [5.74, 6) is 1.78. The van der Waals surface area contributed by atoms with E-state index >= 15 is 0 Å². The van der Waals surface area contributed by atoms with Crippen molar-refractivity contribution in [2.45, 2.75) is 6.54 Å². The Morgan fingerprint density at radius 2 is 1.88 bits per heavy atom. The lowest BCUT2D eigenvalue weighted by molar-refractivity contribution is 0.894. The maximum atomic E-state index is 6.23. The number of anilines is 4. The van der Waals surface area contributed by atoms with Gasteiger partial charge in [-0.05, 0) is 17.7 Å². The minimum Gasteiger partial charge on any atom is -0.393 e. The van der Waals surface area contributed by atoms with E-state index in [2.05, 4.69) is 32.4 Å². The monoisotopic (exact) mass is 340 g/mol. The molecule has 0 atom stereocenters. The highest BCUT2D eigenvalue weighted by Crippen LogP contribution is 2.28. The average Bonchev–Trinajstić information content (AvgIpc) is 2.59. The van der Waals surface area contributed by atoms with Gasteiger partial charge in [0.25, 0.3) is 0 Å². The molecule has 2 heterocycles. The van der Waals surface area contributed by atoms with Gasteiger partial charge < -0.3 is 16.0 Å². The van der Waals surface area contributed by atoms with E-state index < -0.39 is 0 Å². The summed E-state index contributed by atoms with van der Waals surface area (Å²) in [5, 5.41) is 3.65. The van der Waals surface area contributed by atoms with Crippen molar-refractivity contribution < 1.29 is 0 Å². The molecule has 7 heteroatoms. The van der Waals surface area contributed by atoms with Gasteiger partial charge in [0.2, 0.25) is 0 Å². The lowest BCUT2D eigenvalue weighted by Gasteiger charge is -2.21. The molecule has 24 heavy (non-hydrogen) atoms. The second kappa shape index (κ2) is 7.14. The topological polar surface area (TPSA) is 80.0 Å². The molecule has 0 spiro atoms. The largest absolute Gasteiger partial charge is 0.393 e. The average molecular weight is 341 g/mol. The molecular weight excluding hydrogens is 324 g/mol. The fourth-order valence-corrected chi connectivity index (χ4v) is 2.41. The molecule has 3 N–H and O–H groups in total. The first-order chi connectivity index (χ1) is 11.6. The normalized spacial score (nSPS) is 10.4. The van der Waals surface area contributed by atoms with Crippen molar-refractivity contribution in [3.05, 3.63) is 65.6 Å². The second-order valence-electron chi connectivity index (χ2n) is 5.29. The number of halogens is 1. The highest BCUT2D eigenvalue weighted by molar-refractivity contribution is 6.30. The Morgan fingerprint density at radius 1 is 1.08 bits per heavy atom. The van der Waals surface area contributed by atoms with Gasteiger partial charge in [-0.2, -0.15) is 0 Å². The fraction of sp³-hybridized carbons (Fsp3) is 0.118. The van der Waals surface area contributed by atoms with Crippen molar-refractivity contribution >= 4 is 34.7 Å². The standard InChI is InChI=1S/C17H17ClN6/c1-24(10-12-5-3-2-4-6-12)17-15(19)16(21-11-22-17)23-14-8-7-13(18)9-20-14/h2-9,11H,10,19H2,1H3,(H,20,21,22,23). The second-order valence-corrected chi connectivity index (χ2v) is 5.72. The van der Waals surface area contributed by atoms with Gasteiger partial charge in [-0.3, -0.25) is 0 Å². The molecule has 0 radical (unpaired) electrons. The zero-order valence-electron chi connectivity index (χ0n) is 13.1. The number of pyridine rings is 1. The Labute approximate surface area is 145 Å². The van der Waals surface area contributed by atoms with E-state index in [9.17, 15) is 0 Å². The molecule has 0 saturated carbocycles. The summed E-state index contributed by atoms with van der Waals surface area (Å²) >= 11 is 5.84. The predicted octanol–water partition coefficient (Wildman–Crippen LogP) is 3.49. The van der Waals surface area contributed by atoms with Crippen LogP contribution in [0.2, 0.25) is 5.02 Å². The number of benzene rings is 1. The van der Waals surface area contributed by atoms with Crippen LogP contribution in [0.15, 0.2) is 55.0 Å². The zero-order valence-corrected chi connectivity index (χ0v) is 13.9. The highest BCUT2D eigenvalue weighted by atomic mass is 35.5. The maximum absolute atomic E-state index is 6.23. The van der Waals surface area contributed by atoms with E-state index in [-0.39, 0.29) is 0 Å². The van der Waals surface area contributed by atoms with Crippen LogP contribution in [0.25, 0.3) is 0 Å². The van der Waals surface area contributed by atoms with Crippen LogP contribution in [0.1, 0.15) is 5.56 Å². The number of nitrogens with one attached hydrogen (secondary N) is 1. The molecule has 0 aliphatic heterocycles. The van der Waals surface area contributed by atoms with E-state index in [1.54, 1.807) is 18.3 Å². The number of nitrogens with zero attached hydrogens (tertiary/aromatic N) is 4. The molecule has 0 unspecified atom stereocenters. The molecule has 0 amide bonds. The number of aromatic nitrogens is 3. The minimum absolute atomic E-state index is 0.465. The molecule has 0 bridgehead atoms. The van der Waals surface area contributed by atoms with Crippen molar-refractivity contribution in [3.63, 3.8) is 0 Å². The first-order valence-electron chi connectivity index (χ1n) is 7.37. The van der Waals surface area contributed by atoms with Crippen LogP contribution in [0.4, 0.5) is 23.1 Å². The third kappa shape index (κ3) is 3.72. The molecule has 0 fully saturated rings. The van der Waals surface area contributed by atoms with Gasteiger partial charge in [0.05, 0.1) is 5.02 Å². The van der Waals surface area contributed by atoms with Crippen LogP contribution < -0.4 is 16.0 Å². The Balaban J connectivity index is 1.81. The van der Waals surface area contributed by atoms with Gasteiger partial charge in [0.1, 0.15) is 17.8 Å². The lowest BCUT2D eigenvalue weighted by Crippen LogP contribution is -2.20. The number of nitrogens with two attached hydrogens (primary N) is 1. The number of hydrogen-bond donors (Lipinski definition) is 2. The summed E-state index contributed by atoms with van der Waals surface area (Å²) in [7, 11) is 1.94. The van der Waals surface area contributed by atoms with E-state index in [4.69, 9.17) is 17.3 Å². The smallest absolute Gasteiger partial charge is 0.160 e. The first-order valence-corrected chi connectivity index (χ1v) is 7.75. The number of nitrogen functional groups attached to an aromatic ring is 1. The lowest BCUT2D eigenvalue weighted by atomic mass is 10.2. The highest BCUT2D eigenvalue weighted by Gasteiger charge is 2.13. The van der Waals surface area contributed by atoms with Crippen LogP contribution in [0.5, 0.6) is 0 Å². The molecule has 1 aromatic carbocycles. The molecular formula is C17H17ClN6. The predicted molar refractivity (Wildman–Crippen MR) is 97.5 cm³/mol. The molecule has 6 nitrogen and oxygen atoms in total. The summed E-state index contributed by atoms with van der Waals surface area (Å²) < 4.78 is 0. The molecule has 0 saturated heterocycles. The summed E-state index contributed by atoms with van der Waals surface area (Å²) in [6.45, 7) is 0.695. The minimum atomic E-state index is 0.465. The van der Waals surface area contributed by atoms with Crippen molar-refractivity contribution in [2.75, 3.05) is 23.0 Å². The summed E-state index contributed by atoms with van der Waals surface area (Å²) in [6.07, 6.45) is 3.04. The van der Waals surface area contributed by atoms with Crippen LogP contribution in [0.3, 0.4) is 0 Å².